The van der Waals surface area contributed by atoms with Crippen LogP contribution in [0.25, 0.3) is 0 Å². The van der Waals surface area contributed by atoms with Crippen molar-refractivity contribution >= 4 is 51.7 Å². The van der Waals surface area contributed by atoms with E-state index in [9.17, 15) is 14.4 Å². The molecule has 0 spiro atoms. The van der Waals surface area contributed by atoms with Gasteiger partial charge in [0, 0.05) is 35.6 Å². The average Bonchev–Trinajstić information content (AvgIpc) is 3.51. The van der Waals surface area contributed by atoms with Crippen molar-refractivity contribution in [2.75, 3.05) is 18.4 Å². The van der Waals surface area contributed by atoms with Gasteiger partial charge in [-0.3, -0.25) is 14.4 Å². The van der Waals surface area contributed by atoms with E-state index in [1.165, 1.54) is 11.8 Å². The molecule has 3 heterocycles. The minimum Gasteiger partial charge on any atom is -0.351 e. The van der Waals surface area contributed by atoms with Gasteiger partial charge in [0.2, 0.25) is 5.91 Å². The molecule has 2 aliphatic rings. The van der Waals surface area contributed by atoms with Crippen molar-refractivity contribution in [3.63, 3.8) is 0 Å². The van der Waals surface area contributed by atoms with Crippen LogP contribution in [0, 0.1) is 0 Å². The summed E-state index contributed by atoms with van der Waals surface area (Å²) in [4.78, 5) is 44.4. The zero-order valence-electron chi connectivity index (χ0n) is 17.2. The molecule has 31 heavy (non-hydrogen) atoms. The van der Waals surface area contributed by atoms with Crippen LogP contribution >= 0.6 is 23.1 Å². The molecule has 0 bridgehead atoms. The molecule has 2 aromatic rings. The minimum atomic E-state index is -0.473. The van der Waals surface area contributed by atoms with Gasteiger partial charge in [0.1, 0.15) is 5.25 Å². The second-order valence-electron chi connectivity index (χ2n) is 7.57. The Labute approximate surface area is 189 Å². The van der Waals surface area contributed by atoms with Crippen LogP contribution in [0.5, 0.6) is 0 Å². The summed E-state index contributed by atoms with van der Waals surface area (Å²) in [6, 6.07) is 10.6. The number of thioether (sulfide) groups is 1. The Morgan fingerprint density at radius 2 is 1.94 bits per heavy atom. The first kappa shape index (κ1) is 21.6. The van der Waals surface area contributed by atoms with Gasteiger partial charge in [-0.15, -0.1) is 11.3 Å². The number of aliphatic imine (C=N–C) groups is 1. The van der Waals surface area contributed by atoms with Gasteiger partial charge in [0.05, 0.1) is 6.04 Å². The van der Waals surface area contributed by atoms with Gasteiger partial charge >= 0.3 is 0 Å². The molecule has 3 amide bonds. The standard InChI is InChI=1S/C22H24N4O3S2/c1-14(17-5-4-12-30-17)23-20(28)15-6-8-16(9-7-15)24-19(27)13-18-21(29)25-22(31-18)26-10-2-3-11-26/h4-9,12,14,18H,2-3,10-11,13H2,1H3,(H,23,28)(H,24,27)/t14-,18+/m0/s1. The normalized spacial score (nSPS) is 19.3. The van der Waals surface area contributed by atoms with Crippen molar-refractivity contribution in [1.82, 2.24) is 10.2 Å². The number of likely N-dealkylation sites (tertiary alicyclic amines) is 1. The van der Waals surface area contributed by atoms with Crippen LogP contribution in [0.3, 0.4) is 0 Å². The van der Waals surface area contributed by atoms with Crippen LogP contribution in [-0.2, 0) is 9.59 Å². The number of rotatable bonds is 6. The van der Waals surface area contributed by atoms with Gasteiger partial charge in [-0.1, -0.05) is 17.8 Å². The van der Waals surface area contributed by atoms with E-state index in [0.29, 0.717) is 11.3 Å². The molecular formula is C22H24N4O3S2. The van der Waals surface area contributed by atoms with Gasteiger partial charge in [-0.2, -0.15) is 4.99 Å². The highest BCUT2D eigenvalue weighted by Gasteiger charge is 2.33. The van der Waals surface area contributed by atoms with Crippen LogP contribution in [0.2, 0.25) is 0 Å². The molecule has 2 atom stereocenters. The number of benzene rings is 1. The molecule has 7 nitrogen and oxygen atoms in total. The maximum Gasteiger partial charge on any atom is 0.262 e. The Morgan fingerprint density at radius 1 is 1.19 bits per heavy atom. The maximum absolute atomic E-state index is 12.4. The molecule has 9 heteroatoms. The second kappa shape index (κ2) is 9.65. The zero-order valence-corrected chi connectivity index (χ0v) is 18.8. The zero-order chi connectivity index (χ0) is 21.8. The number of hydrogen-bond donors (Lipinski definition) is 2. The first-order chi connectivity index (χ1) is 15.0. The number of hydrogen-bond acceptors (Lipinski definition) is 6. The number of nitrogens with one attached hydrogen (secondary N) is 2. The molecule has 0 aliphatic carbocycles. The third kappa shape index (κ3) is 5.34. The summed E-state index contributed by atoms with van der Waals surface area (Å²) in [7, 11) is 0. The van der Waals surface area contributed by atoms with Crippen molar-refractivity contribution < 1.29 is 14.4 Å². The number of amidine groups is 1. The molecule has 1 aromatic heterocycles. The highest BCUT2D eigenvalue weighted by molar-refractivity contribution is 8.15. The van der Waals surface area contributed by atoms with E-state index in [1.54, 1.807) is 35.6 Å². The molecule has 0 radical (unpaired) electrons. The largest absolute Gasteiger partial charge is 0.351 e. The maximum atomic E-state index is 12.4. The van der Waals surface area contributed by atoms with Gasteiger partial charge in [0.15, 0.2) is 5.17 Å². The summed E-state index contributed by atoms with van der Waals surface area (Å²) < 4.78 is 0. The second-order valence-corrected chi connectivity index (χ2v) is 9.72. The highest BCUT2D eigenvalue weighted by atomic mass is 32.2. The van der Waals surface area contributed by atoms with Gasteiger partial charge in [0.25, 0.3) is 11.8 Å². The summed E-state index contributed by atoms with van der Waals surface area (Å²) in [5.74, 6) is -0.653. The first-order valence-electron chi connectivity index (χ1n) is 10.3. The fourth-order valence-corrected chi connectivity index (χ4v) is 5.38. The van der Waals surface area contributed by atoms with Crippen molar-refractivity contribution in [2.45, 2.75) is 37.5 Å². The van der Waals surface area contributed by atoms with Crippen LogP contribution in [0.1, 0.15) is 47.5 Å². The SMILES string of the molecule is C[C@H](NC(=O)c1ccc(NC(=O)C[C@H]2SC(N3CCCC3)=NC2=O)cc1)c1cccs1. The Balaban J connectivity index is 1.27. The summed E-state index contributed by atoms with van der Waals surface area (Å²) in [6.07, 6.45) is 2.30. The first-order valence-corrected chi connectivity index (χ1v) is 12.0. The van der Waals surface area contributed by atoms with E-state index in [-0.39, 0.29) is 30.2 Å². The number of carbonyl (C=O) groups excluding carboxylic acids is 3. The molecule has 0 unspecified atom stereocenters. The van der Waals surface area contributed by atoms with Gasteiger partial charge < -0.3 is 15.5 Å². The quantitative estimate of drug-likeness (QED) is 0.692. The molecule has 1 saturated heterocycles. The van der Waals surface area contributed by atoms with Crippen molar-refractivity contribution in [2.24, 2.45) is 4.99 Å². The number of amides is 3. The summed E-state index contributed by atoms with van der Waals surface area (Å²) in [6.45, 7) is 3.79. The van der Waals surface area contributed by atoms with Crippen LogP contribution in [0.15, 0.2) is 46.8 Å². The van der Waals surface area contributed by atoms with Crippen LogP contribution in [0.4, 0.5) is 5.69 Å². The smallest absolute Gasteiger partial charge is 0.262 e. The predicted octanol–water partition coefficient (Wildman–Crippen LogP) is 3.66. The summed E-state index contributed by atoms with van der Waals surface area (Å²) in [5.41, 5.74) is 1.11. The molecule has 2 N–H and O–H groups in total. The van der Waals surface area contributed by atoms with E-state index in [2.05, 4.69) is 20.5 Å². The molecule has 4 rings (SSSR count). The lowest BCUT2D eigenvalue weighted by molar-refractivity contribution is -0.121. The lowest BCUT2D eigenvalue weighted by atomic mass is 10.1. The van der Waals surface area contributed by atoms with Crippen molar-refractivity contribution in [3.8, 4) is 0 Å². The Hall–Kier alpha value is -2.65. The van der Waals surface area contributed by atoms with Crippen molar-refractivity contribution in [1.29, 1.82) is 0 Å². The molecule has 162 valence electrons. The lowest BCUT2D eigenvalue weighted by Crippen LogP contribution is -2.26. The van der Waals surface area contributed by atoms with E-state index < -0.39 is 5.25 Å². The molecular weight excluding hydrogens is 432 g/mol. The Morgan fingerprint density at radius 3 is 2.61 bits per heavy atom. The van der Waals surface area contributed by atoms with Crippen LogP contribution < -0.4 is 10.6 Å². The number of anilines is 1. The predicted molar refractivity (Wildman–Crippen MR) is 125 cm³/mol. The lowest BCUT2D eigenvalue weighted by Gasteiger charge is -2.16. The molecule has 1 fully saturated rings. The average molecular weight is 457 g/mol. The Kier molecular flexibility index (Phi) is 6.72. The molecule has 1 aromatic carbocycles. The molecule has 0 saturated carbocycles. The van der Waals surface area contributed by atoms with E-state index in [0.717, 1.165) is 36.0 Å². The van der Waals surface area contributed by atoms with Crippen LogP contribution in [-0.4, -0.2) is 46.1 Å². The van der Waals surface area contributed by atoms with E-state index in [4.69, 9.17) is 0 Å². The third-order valence-corrected chi connectivity index (χ3v) is 7.49. The van der Waals surface area contributed by atoms with E-state index >= 15 is 0 Å². The van der Waals surface area contributed by atoms with Gasteiger partial charge in [-0.05, 0) is 55.5 Å². The minimum absolute atomic E-state index is 0.0685. The number of carbonyl (C=O) groups is 3. The summed E-state index contributed by atoms with van der Waals surface area (Å²) >= 11 is 2.98. The van der Waals surface area contributed by atoms with Crippen molar-refractivity contribution in [3.05, 3.63) is 52.2 Å². The highest BCUT2D eigenvalue weighted by Crippen LogP contribution is 2.29. The van der Waals surface area contributed by atoms with E-state index in [1.807, 2.05) is 24.4 Å². The number of thiophene rings is 1. The van der Waals surface area contributed by atoms with Gasteiger partial charge in [-0.25, -0.2) is 0 Å². The fraction of sp³-hybridized carbons (Fsp3) is 0.364. The third-order valence-electron chi connectivity index (χ3n) is 5.22. The number of nitrogens with zero attached hydrogens (tertiary/aromatic N) is 2. The molecule has 2 aliphatic heterocycles. The fourth-order valence-electron chi connectivity index (χ4n) is 3.53. The Bertz CT molecular complexity index is 983. The topological polar surface area (TPSA) is 90.9 Å². The summed E-state index contributed by atoms with van der Waals surface area (Å²) in [5, 5.41) is 8.02. The monoisotopic (exact) mass is 456 g/mol.